The van der Waals surface area contributed by atoms with Crippen molar-refractivity contribution in [2.24, 2.45) is 0 Å². The zero-order valence-electron chi connectivity index (χ0n) is 21.0. The fraction of sp³-hybridized carbons (Fsp3) is 0.179. The van der Waals surface area contributed by atoms with Crippen LogP contribution in [0.15, 0.2) is 79.0 Å². The van der Waals surface area contributed by atoms with Crippen LogP contribution in [0.3, 0.4) is 0 Å². The molecule has 0 saturated heterocycles. The van der Waals surface area contributed by atoms with Gasteiger partial charge in [-0.25, -0.2) is 4.98 Å². The second-order valence-corrected chi connectivity index (χ2v) is 8.84. The maximum atomic E-state index is 13.1. The number of fused-ring (bicyclic) bond motifs is 1. The number of anilines is 3. The average Bonchev–Trinajstić information content (AvgIpc) is 2.87. The van der Waals surface area contributed by atoms with E-state index in [-0.39, 0.29) is 18.8 Å². The number of pyridine rings is 1. The van der Waals surface area contributed by atoms with Gasteiger partial charge in [0.15, 0.2) is 0 Å². The number of carbonyl (C=O) groups is 2. The fourth-order valence-electron chi connectivity index (χ4n) is 3.96. The van der Waals surface area contributed by atoms with Gasteiger partial charge in [-0.15, -0.1) is 12.4 Å². The second kappa shape index (κ2) is 12.1. The normalized spacial score (nSPS) is 15.3. The molecule has 0 fully saturated rings. The number of aliphatic hydroxyl groups is 1. The Morgan fingerprint density at radius 1 is 1.10 bits per heavy atom. The highest BCUT2D eigenvalue weighted by Gasteiger charge is 2.30. The minimum Gasteiger partial charge on any atom is -0.383 e. The quantitative estimate of drug-likeness (QED) is 0.290. The molecule has 3 aromatic rings. The number of aromatic nitrogens is 1. The first-order chi connectivity index (χ1) is 18.0. The third-order valence-corrected chi connectivity index (χ3v) is 5.94. The Hall–Kier alpha value is -4.15. The molecule has 0 saturated carbocycles. The van der Waals surface area contributed by atoms with Crippen LogP contribution in [-0.2, 0) is 22.2 Å². The Balaban J connectivity index is 0.00000420. The van der Waals surface area contributed by atoms with E-state index in [2.05, 4.69) is 15.6 Å². The summed E-state index contributed by atoms with van der Waals surface area (Å²) in [4.78, 5) is 30.6. The first-order valence-corrected chi connectivity index (χ1v) is 11.6. The Kier molecular flexibility index (Phi) is 9.15. The lowest BCUT2D eigenvalue weighted by Gasteiger charge is -2.23. The number of carbonyl (C=O) groups excluding carboxylic acids is 2. The summed E-state index contributed by atoms with van der Waals surface area (Å²) in [6.45, 7) is 0. The number of benzene rings is 2. The largest absolute Gasteiger partial charge is 0.416 e. The number of aliphatic hydroxyl groups excluding tert-OH is 1. The minimum absolute atomic E-state index is 0. The Morgan fingerprint density at radius 2 is 1.79 bits per heavy atom. The van der Waals surface area contributed by atoms with Crippen LogP contribution in [0.25, 0.3) is 5.57 Å². The monoisotopic (exact) mass is 558 g/mol. The van der Waals surface area contributed by atoms with Crippen LogP contribution in [-0.4, -0.2) is 42.1 Å². The minimum atomic E-state index is -4.45. The molecule has 1 aliphatic rings. The van der Waals surface area contributed by atoms with Crippen molar-refractivity contribution in [3.8, 4) is 0 Å². The molecule has 0 spiro atoms. The van der Waals surface area contributed by atoms with Crippen LogP contribution in [0.1, 0.15) is 22.3 Å². The van der Waals surface area contributed by atoms with E-state index in [1.807, 2.05) is 19.0 Å². The summed E-state index contributed by atoms with van der Waals surface area (Å²) < 4.78 is 39.2. The number of hydrogen-bond donors (Lipinski definition) is 3. The van der Waals surface area contributed by atoms with Gasteiger partial charge >= 0.3 is 6.18 Å². The topological polar surface area (TPSA) is 94.6 Å². The van der Waals surface area contributed by atoms with Gasteiger partial charge in [-0.1, -0.05) is 30.4 Å². The molecule has 0 bridgehead atoms. The number of nitrogens with one attached hydrogen (secondary N) is 2. The predicted octanol–water partition coefficient (Wildman–Crippen LogP) is 5.07. The van der Waals surface area contributed by atoms with Gasteiger partial charge in [0, 0.05) is 55.3 Å². The summed E-state index contributed by atoms with van der Waals surface area (Å²) in [5, 5.41) is 15.2. The molecule has 1 atom stereocenters. The van der Waals surface area contributed by atoms with Crippen molar-refractivity contribution in [2.75, 3.05) is 29.6 Å². The Bertz CT molecular complexity index is 1400. The van der Waals surface area contributed by atoms with Gasteiger partial charge in [0.2, 0.25) is 5.91 Å². The highest BCUT2D eigenvalue weighted by atomic mass is 35.5. The lowest BCUT2D eigenvalue weighted by Crippen LogP contribution is -2.34. The second-order valence-electron chi connectivity index (χ2n) is 8.84. The standard InChI is InChI=1S/C28H25F3N4O3.ClH/c1-35(2)25-14-11-18(16-32-25)20(17-9-12-19(13-10-17)28(29,30)31)5-3-8-26(37)33-22-6-4-7-23-21(22)15-24(36)27(38)34-23;/h3-14,16,24,36H,15H2,1-2H3,(H,33,37)(H,34,38);1H/b8-3+,20-5+;. The molecule has 204 valence electrons. The van der Waals surface area contributed by atoms with Gasteiger partial charge in [0.25, 0.3) is 5.91 Å². The molecule has 0 aliphatic carbocycles. The van der Waals surface area contributed by atoms with E-state index < -0.39 is 29.7 Å². The van der Waals surface area contributed by atoms with E-state index in [1.54, 1.807) is 42.6 Å². The van der Waals surface area contributed by atoms with Crippen molar-refractivity contribution in [3.63, 3.8) is 0 Å². The smallest absolute Gasteiger partial charge is 0.383 e. The van der Waals surface area contributed by atoms with Gasteiger partial charge in [-0.05, 0) is 47.5 Å². The molecule has 4 rings (SSSR count). The molecular formula is C28H26ClF3N4O3. The fourth-order valence-corrected chi connectivity index (χ4v) is 3.96. The molecule has 11 heteroatoms. The maximum Gasteiger partial charge on any atom is 0.416 e. The van der Waals surface area contributed by atoms with Gasteiger partial charge in [-0.2, -0.15) is 13.2 Å². The molecule has 1 aromatic heterocycles. The third kappa shape index (κ3) is 7.04. The Labute approximate surface area is 229 Å². The number of hydrogen-bond acceptors (Lipinski definition) is 5. The molecule has 0 radical (unpaired) electrons. The van der Waals surface area contributed by atoms with E-state index >= 15 is 0 Å². The average molecular weight is 559 g/mol. The van der Waals surface area contributed by atoms with Crippen LogP contribution in [0.2, 0.25) is 0 Å². The number of rotatable bonds is 6. The molecule has 2 heterocycles. The maximum absolute atomic E-state index is 13.1. The van der Waals surface area contributed by atoms with Crippen LogP contribution < -0.4 is 15.5 Å². The highest BCUT2D eigenvalue weighted by molar-refractivity contribution is 6.03. The molecule has 7 nitrogen and oxygen atoms in total. The zero-order chi connectivity index (χ0) is 27.4. The first-order valence-electron chi connectivity index (χ1n) is 11.6. The van der Waals surface area contributed by atoms with Crippen molar-refractivity contribution in [1.82, 2.24) is 4.98 Å². The van der Waals surface area contributed by atoms with Gasteiger partial charge in [0.1, 0.15) is 11.9 Å². The van der Waals surface area contributed by atoms with Crippen molar-refractivity contribution in [1.29, 1.82) is 0 Å². The van der Waals surface area contributed by atoms with E-state index in [4.69, 9.17) is 0 Å². The lowest BCUT2D eigenvalue weighted by molar-refractivity contribution is -0.137. The van der Waals surface area contributed by atoms with E-state index in [0.29, 0.717) is 39.5 Å². The van der Waals surface area contributed by atoms with E-state index in [0.717, 1.165) is 12.1 Å². The summed E-state index contributed by atoms with van der Waals surface area (Å²) in [6, 6.07) is 13.4. The van der Waals surface area contributed by atoms with E-state index in [9.17, 15) is 27.9 Å². The lowest BCUT2D eigenvalue weighted by atomic mass is 9.97. The molecule has 2 amide bonds. The van der Waals surface area contributed by atoms with Gasteiger partial charge < -0.3 is 20.6 Å². The van der Waals surface area contributed by atoms with Crippen LogP contribution >= 0.6 is 12.4 Å². The van der Waals surface area contributed by atoms with Gasteiger partial charge in [-0.3, -0.25) is 9.59 Å². The van der Waals surface area contributed by atoms with E-state index in [1.165, 1.54) is 24.3 Å². The Morgan fingerprint density at radius 3 is 2.41 bits per heavy atom. The summed E-state index contributed by atoms with van der Waals surface area (Å²) in [7, 11) is 3.68. The SMILES string of the molecule is CN(C)c1ccc(/C(=C/C=C/C(=O)Nc2cccc3c2CC(O)C(=O)N3)c2ccc(C(F)(F)F)cc2)cn1.Cl. The number of alkyl halides is 3. The number of amides is 2. The molecule has 2 aromatic carbocycles. The number of halogens is 4. The van der Waals surface area contributed by atoms with Crippen molar-refractivity contribution < 1.29 is 27.9 Å². The summed E-state index contributed by atoms with van der Waals surface area (Å²) >= 11 is 0. The summed E-state index contributed by atoms with van der Waals surface area (Å²) in [6.07, 6.45) is 0.413. The van der Waals surface area contributed by atoms with Crippen LogP contribution in [0, 0.1) is 0 Å². The van der Waals surface area contributed by atoms with Crippen molar-refractivity contribution in [2.45, 2.75) is 18.7 Å². The van der Waals surface area contributed by atoms with Crippen molar-refractivity contribution >= 4 is 47.0 Å². The number of nitrogens with zero attached hydrogens (tertiary/aromatic N) is 2. The van der Waals surface area contributed by atoms with Crippen LogP contribution in [0.5, 0.6) is 0 Å². The van der Waals surface area contributed by atoms with Crippen LogP contribution in [0.4, 0.5) is 30.4 Å². The molecule has 39 heavy (non-hydrogen) atoms. The highest BCUT2D eigenvalue weighted by Crippen LogP contribution is 2.32. The summed E-state index contributed by atoms with van der Waals surface area (Å²) in [5.74, 6) is -0.258. The third-order valence-electron chi connectivity index (χ3n) is 5.94. The molecular weight excluding hydrogens is 533 g/mol. The van der Waals surface area contributed by atoms with Gasteiger partial charge in [0.05, 0.1) is 5.56 Å². The molecule has 3 N–H and O–H groups in total. The molecule has 1 aliphatic heterocycles. The molecule has 1 unspecified atom stereocenters. The summed E-state index contributed by atoms with van der Waals surface area (Å²) in [5.41, 5.74) is 2.56. The zero-order valence-corrected chi connectivity index (χ0v) is 21.8. The first kappa shape index (κ1) is 29.4. The van der Waals surface area contributed by atoms with Crippen molar-refractivity contribution in [3.05, 3.63) is 101 Å². The number of allylic oxidation sites excluding steroid dienone is 2. The predicted molar refractivity (Wildman–Crippen MR) is 147 cm³/mol.